The van der Waals surface area contributed by atoms with Crippen LogP contribution < -0.4 is 0 Å². The van der Waals surface area contributed by atoms with E-state index in [9.17, 15) is 0 Å². The monoisotopic (exact) mass is 322 g/mol. The molecule has 0 nitrogen and oxygen atoms in total. The van der Waals surface area contributed by atoms with E-state index in [0.29, 0.717) is 5.92 Å². The van der Waals surface area contributed by atoms with Gasteiger partial charge in [-0.15, -0.1) is 11.6 Å². The van der Waals surface area contributed by atoms with Crippen molar-refractivity contribution < 1.29 is 0 Å². The van der Waals surface area contributed by atoms with E-state index in [0.717, 1.165) is 10.9 Å². The fourth-order valence-electron chi connectivity index (χ4n) is 2.06. The third-order valence-electron chi connectivity index (χ3n) is 3.09. The van der Waals surface area contributed by atoms with Crippen molar-refractivity contribution in [3.8, 4) is 0 Å². The molecule has 0 aliphatic carbocycles. The van der Waals surface area contributed by atoms with Crippen molar-refractivity contribution in [2.75, 3.05) is 0 Å². The van der Waals surface area contributed by atoms with E-state index in [4.69, 9.17) is 11.6 Å². The van der Waals surface area contributed by atoms with E-state index in [-0.39, 0.29) is 5.38 Å². The molecule has 94 valence electrons. The molecule has 0 aliphatic rings. The molecule has 2 atom stereocenters. The summed E-state index contributed by atoms with van der Waals surface area (Å²) in [7, 11) is 0. The van der Waals surface area contributed by atoms with E-state index >= 15 is 0 Å². The summed E-state index contributed by atoms with van der Waals surface area (Å²) >= 11 is 9.98. The summed E-state index contributed by atoms with van der Waals surface area (Å²) in [6.45, 7) is 2.20. The van der Waals surface area contributed by atoms with Crippen LogP contribution in [0.4, 0.5) is 0 Å². The topological polar surface area (TPSA) is 0 Å². The van der Waals surface area contributed by atoms with Gasteiger partial charge in [0, 0.05) is 4.47 Å². The van der Waals surface area contributed by atoms with Crippen LogP contribution in [-0.4, -0.2) is 0 Å². The lowest BCUT2D eigenvalue weighted by atomic mass is 9.94. The highest BCUT2D eigenvalue weighted by molar-refractivity contribution is 9.10. The fraction of sp³-hybridized carbons (Fsp3) is 0.250. The molecule has 0 heterocycles. The van der Waals surface area contributed by atoms with Crippen molar-refractivity contribution in [2.24, 2.45) is 5.92 Å². The number of benzene rings is 2. The van der Waals surface area contributed by atoms with Gasteiger partial charge in [0.25, 0.3) is 0 Å². The first-order valence-corrected chi connectivity index (χ1v) is 7.33. The van der Waals surface area contributed by atoms with Gasteiger partial charge in [0.15, 0.2) is 0 Å². The van der Waals surface area contributed by atoms with Crippen molar-refractivity contribution >= 4 is 27.5 Å². The maximum Gasteiger partial charge on any atom is 0.0613 e. The average Bonchev–Trinajstić information content (AvgIpc) is 2.41. The Hall–Kier alpha value is -0.790. The first kappa shape index (κ1) is 13.6. The van der Waals surface area contributed by atoms with E-state index in [2.05, 4.69) is 59.3 Å². The van der Waals surface area contributed by atoms with E-state index in [1.54, 1.807) is 0 Å². The zero-order valence-corrected chi connectivity index (χ0v) is 12.7. The van der Waals surface area contributed by atoms with Gasteiger partial charge in [-0.2, -0.15) is 0 Å². The second-order valence-corrected chi connectivity index (χ2v) is 6.01. The third-order valence-corrected chi connectivity index (χ3v) is 4.30. The molecule has 2 aromatic carbocycles. The molecular formula is C16H16BrCl. The van der Waals surface area contributed by atoms with Gasteiger partial charge in [0.2, 0.25) is 0 Å². The van der Waals surface area contributed by atoms with E-state index in [1.165, 1.54) is 11.1 Å². The second kappa shape index (κ2) is 6.40. The summed E-state index contributed by atoms with van der Waals surface area (Å²) in [6, 6.07) is 18.7. The Morgan fingerprint density at radius 1 is 1.00 bits per heavy atom. The molecule has 0 amide bonds. The van der Waals surface area contributed by atoms with Crippen LogP contribution in [-0.2, 0) is 6.42 Å². The van der Waals surface area contributed by atoms with Crippen molar-refractivity contribution in [2.45, 2.75) is 18.7 Å². The highest BCUT2D eigenvalue weighted by atomic mass is 79.9. The SMILES string of the molecule is CC(Cc1ccc(Br)cc1)C(Cl)c1ccccc1. The van der Waals surface area contributed by atoms with Crippen LogP contribution in [0.1, 0.15) is 23.4 Å². The molecule has 0 bridgehead atoms. The highest BCUT2D eigenvalue weighted by Gasteiger charge is 2.16. The third kappa shape index (κ3) is 3.60. The van der Waals surface area contributed by atoms with Crippen LogP contribution in [0.25, 0.3) is 0 Å². The highest BCUT2D eigenvalue weighted by Crippen LogP contribution is 2.31. The fourth-order valence-corrected chi connectivity index (χ4v) is 2.56. The summed E-state index contributed by atoms with van der Waals surface area (Å²) in [6.07, 6.45) is 0.996. The molecule has 2 aromatic rings. The number of alkyl halides is 1. The maximum absolute atomic E-state index is 6.53. The molecule has 0 spiro atoms. The van der Waals surface area contributed by atoms with Gasteiger partial charge >= 0.3 is 0 Å². The Morgan fingerprint density at radius 3 is 2.22 bits per heavy atom. The Bertz CT molecular complexity index is 478. The van der Waals surface area contributed by atoms with Crippen LogP contribution in [0.2, 0.25) is 0 Å². The Morgan fingerprint density at radius 2 is 1.61 bits per heavy atom. The first-order valence-electron chi connectivity index (χ1n) is 6.10. The smallest absolute Gasteiger partial charge is 0.0613 e. The van der Waals surface area contributed by atoms with E-state index < -0.39 is 0 Å². The number of rotatable bonds is 4. The van der Waals surface area contributed by atoms with Crippen LogP contribution in [0, 0.1) is 5.92 Å². The molecule has 2 rings (SSSR count). The minimum Gasteiger partial charge on any atom is -0.118 e. The van der Waals surface area contributed by atoms with Gasteiger partial charge in [-0.05, 0) is 35.6 Å². The lowest BCUT2D eigenvalue weighted by Crippen LogP contribution is -2.07. The molecule has 2 heteroatoms. The summed E-state index contributed by atoms with van der Waals surface area (Å²) in [5, 5.41) is 0.0647. The largest absolute Gasteiger partial charge is 0.118 e. The van der Waals surface area contributed by atoms with E-state index in [1.807, 2.05) is 18.2 Å². The zero-order valence-electron chi connectivity index (χ0n) is 10.3. The minimum atomic E-state index is 0.0647. The van der Waals surface area contributed by atoms with Gasteiger partial charge < -0.3 is 0 Å². The lowest BCUT2D eigenvalue weighted by Gasteiger charge is -2.18. The Balaban J connectivity index is 2.03. The summed E-state index contributed by atoms with van der Waals surface area (Å²) < 4.78 is 1.12. The lowest BCUT2D eigenvalue weighted by molar-refractivity contribution is 0.558. The summed E-state index contributed by atoms with van der Waals surface area (Å²) in [4.78, 5) is 0. The second-order valence-electron chi connectivity index (χ2n) is 4.62. The summed E-state index contributed by atoms with van der Waals surface area (Å²) in [5.74, 6) is 0.412. The molecule has 0 N–H and O–H groups in total. The standard InChI is InChI=1S/C16H16BrCl/c1-12(11-13-7-9-15(17)10-8-13)16(18)14-5-3-2-4-6-14/h2-10,12,16H,11H2,1H3. The Labute approximate surface area is 122 Å². The number of hydrogen-bond acceptors (Lipinski definition) is 0. The predicted octanol–water partition coefficient (Wildman–Crippen LogP) is 5.61. The predicted molar refractivity (Wildman–Crippen MR) is 82.0 cm³/mol. The number of halogens is 2. The minimum absolute atomic E-state index is 0.0647. The molecular weight excluding hydrogens is 308 g/mol. The zero-order chi connectivity index (χ0) is 13.0. The van der Waals surface area contributed by atoms with Gasteiger partial charge in [0.05, 0.1) is 5.38 Å². The Kier molecular flexibility index (Phi) is 4.85. The molecule has 0 saturated carbocycles. The van der Waals surface area contributed by atoms with Crippen molar-refractivity contribution in [3.05, 3.63) is 70.2 Å². The molecule has 2 unspecified atom stereocenters. The van der Waals surface area contributed by atoms with Crippen molar-refractivity contribution in [1.82, 2.24) is 0 Å². The molecule has 0 radical (unpaired) electrons. The van der Waals surface area contributed by atoms with Gasteiger partial charge in [-0.25, -0.2) is 0 Å². The average molecular weight is 324 g/mol. The van der Waals surface area contributed by atoms with Gasteiger partial charge in [-0.1, -0.05) is 65.3 Å². The van der Waals surface area contributed by atoms with Crippen LogP contribution in [0.15, 0.2) is 59.1 Å². The van der Waals surface area contributed by atoms with Crippen molar-refractivity contribution in [1.29, 1.82) is 0 Å². The van der Waals surface area contributed by atoms with Crippen LogP contribution in [0.3, 0.4) is 0 Å². The molecule has 0 aliphatic heterocycles. The van der Waals surface area contributed by atoms with Gasteiger partial charge in [-0.3, -0.25) is 0 Å². The molecule has 18 heavy (non-hydrogen) atoms. The molecule has 0 saturated heterocycles. The van der Waals surface area contributed by atoms with Crippen LogP contribution >= 0.6 is 27.5 Å². The van der Waals surface area contributed by atoms with Crippen molar-refractivity contribution in [3.63, 3.8) is 0 Å². The quantitative estimate of drug-likeness (QED) is 0.642. The molecule has 0 fully saturated rings. The maximum atomic E-state index is 6.53. The van der Waals surface area contributed by atoms with Gasteiger partial charge in [0.1, 0.15) is 0 Å². The number of hydrogen-bond donors (Lipinski definition) is 0. The summed E-state index contributed by atoms with van der Waals surface area (Å²) in [5.41, 5.74) is 2.52. The van der Waals surface area contributed by atoms with Crippen LogP contribution in [0.5, 0.6) is 0 Å². The normalized spacial score (nSPS) is 14.2. The first-order chi connectivity index (χ1) is 8.66. The molecule has 0 aromatic heterocycles.